The number of benzene rings is 1. The molecule has 0 N–H and O–H groups in total. The second kappa shape index (κ2) is 5.18. The second-order valence-electron chi connectivity index (χ2n) is 4.76. The molecular formula is C13H14BrNO3. The van der Waals surface area contributed by atoms with Crippen LogP contribution >= 0.6 is 15.9 Å². The first-order valence-corrected chi connectivity index (χ1v) is 6.79. The van der Waals surface area contributed by atoms with Gasteiger partial charge in [-0.1, -0.05) is 35.2 Å². The van der Waals surface area contributed by atoms with Crippen molar-refractivity contribution in [3.05, 3.63) is 38.3 Å². The first-order chi connectivity index (χ1) is 8.59. The number of aldehydes is 1. The highest BCUT2D eigenvalue weighted by atomic mass is 79.9. The van der Waals surface area contributed by atoms with Gasteiger partial charge in [0, 0.05) is 16.6 Å². The number of rotatable bonds is 3. The fourth-order valence-electron chi connectivity index (χ4n) is 2.64. The monoisotopic (exact) mass is 311 g/mol. The van der Waals surface area contributed by atoms with Gasteiger partial charge in [0.15, 0.2) is 0 Å². The minimum absolute atomic E-state index is 0.0417. The van der Waals surface area contributed by atoms with Crippen LogP contribution in [-0.4, -0.2) is 11.2 Å². The summed E-state index contributed by atoms with van der Waals surface area (Å²) >= 11 is 3.41. The van der Waals surface area contributed by atoms with Crippen LogP contribution in [0.2, 0.25) is 0 Å². The van der Waals surface area contributed by atoms with E-state index in [9.17, 15) is 14.9 Å². The fraction of sp³-hybridized carbons (Fsp3) is 0.462. The maximum atomic E-state index is 11.5. The Bertz CT molecular complexity index is 481. The molecule has 1 aliphatic carbocycles. The van der Waals surface area contributed by atoms with Gasteiger partial charge in [0.05, 0.1) is 10.3 Å². The second-order valence-corrected chi connectivity index (χ2v) is 5.61. The summed E-state index contributed by atoms with van der Waals surface area (Å²) in [5.74, 6) is 0. The summed E-state index contributed by atoms with van der Waals surface area (Å²) in [6.45, 7) is 0. The van der Waals surface area contributed by atoms with Gasteiger partial charge >= 0.3 is 0 Å². The molecule has 1 aromatic rings. The topological polar surface area (TPSA) is 60.2 Å². The Morgan fingerprint density at radius 2 is 1.94 bits per heavy atom. The van der Waals surface area contributed by atoms with Crippen LogP contribution in [0, 0.1) is 10.1 Å². The lowest BCUT2D eigenvalue weighted by molar-refractivity contribution is -0.385. The van der Waals surface area contributed by atoms with E-state index in [4.69, 9.17) is 0 Å². The van der Waals surface area contributed by atoms with Gasteiger partial charge in [-0.15, -0.1) is 0 Å². The van der Waals surface area contributed by atoms with Gasteiger partial charge in [0.25, 0.3) is 5.69 Å². The zero-order valence-electron chi connectivity index (χ0n) is 9.89. The fourth-order valence-corrected chi connectivity index (χ4v) is 3.28. The molecule has 1 aliphatic rings. The van der Waals surface area contributed by atoms with Crippen LogP contribution in [-0.2, 0) is 10.2 Å². The number of nitro benzene ring substituents is 1. The van der Waals surface area contributed by atoms with E-state index in [1.807, 2.05) is 0 Å². The molecule has 4 nitrogen and oxygen atoms in total. The van der Waals surface area contributed by atoms with E-state index in [0.29, 0.717) is 0 Å². The van der Waals surface area contributed by atoms with Crippen LogP contribution in [0.25, 0.3) is 0 Å². The maximum Gasteiger partial charge on any atom is 0.269 e. The van der Waals surface area contributed by atoms with E-state index < -0.39 is 10.3 Å². The highest BCUT2D eigenvalue weighted by Crippen LogP contribution is 2.42. The van der Waals surface area contributed by atoms with Crippen LogP contribution < -0.4 is 0 Å². The summed E-state index contributed by atoms with van der Waals surface area (Å²) in [4.78, 5) is 21.9. The SMILES string of the molecule is O=CC1(c2cc([N+](=O)[O-])ccc2Br)CCCCC1. The van der Waals surface area contributed by atoms with Crippen LogP contribution in [0.5, 0.6) is 0 Å². The molecule has 0 aliphatic heterocycles. The van der Waals surface area contributed by atoms with Crippen molar-refractivity contribution in [3.63, 3.8) is 0 Å². The van der Waals surface area contributed by atoms with Gasteiger partial charge in [-0.3, -0.25) is 10.1 Å². The number of hydrogen-bond acceptors (Lipinski definition) is 3. The Hall–Kier alpha value is -1.23. The van der Waals surface area contributed by atoms with E-state index >= 15 is 0 Å². The van der Waals surface area contributed by atoms with Crippen LogP contribution in [0.1, 0.15) is 37.7 Å². The summed E-state index contributed by atoms with van der Waals surface area (Å²) in [5, 5.41) is 10.8. The van der Waals surface area contributed by atoms with E-state index in [0.717, 1.165) is 48.4 Å². The Morgan fingerprint density at radius 1 is 1.28 bits per heavy atom. The van der Waals surface area contributed by atoms with Crippen LogP contribution in [0.15, 0.2) is 22.7 Å². The molecule has 18 heavy (non-hydrogen) atoms. The summed E-state index contributed by atoms with van der Waals surface area (Å²) in [5.41, 5.74) is 0.245. The first-order valence-electron chi connectivity index (χ1n) is 6.00. The number of hydrogen-bond donors (Lipinski definition) is 0. The van der Waals surface area contributed by atoms with Crippen molar-refractivity contribution in [2.24, 2.45) is 0 Å². The number of halogens is 1. The van der Waals surface area contributed by atoms with Gasteiger partial charge in [-0.05, 0) is 24.5 Å². The minimum atomic E-state index is -0.552. The number of nitrogens with zero attached hydrogens (tertiary/aromatic N) is 1. The molecule has 0 unspecified atom stereocenters. The highest BCUT2D eigenvalue weighted by Gasteiger charge is 2.36. The van der Waals surface area contributed by atoms with E-state index in [1.165, 1.54) is 12.1 Å². The zero-order valence-corrected chi connectivity index (χ0v) is 11.5. The van der Waals surface area contributed by atoms with Crippen molar-refractivity contribution in [1.29, 1.82) is 0 Å². The van der Waals surface area contributed by atoms with Gasteiger partial charge in [0.1, 0.15) is 6.29 Å². The number of nitro groups is 1. The molecule has 1 aromatic carbocycles. The number of non-ortho nitro benzene ring substituents is 1. The average Bonchev–Trinajstić information content (AvgIpc) is 2.39. The molecular weight excluding hydrogens is 298 g/mol. The standard InChI is InChI=1S/C13H14BrNO3/c14-12-5-4-10(15(17)18)8-11(12)13(9-16)6-2-1-3-7-13/h4-5,8-9H,1-3,6-7H2. The van der Waals surface area contributed by atoms with Gasteiger partial charge in [-0.2, -0.15) is 0 Å². The predicted molar refractivity (Wildman–Crippen MR) is 71.6 cm³/mol. The molecule has 0 aromatic heterocycles. The van der Waals surface area contributed by atoms with Crippen molar-refractivity contribution < 1.29 is 9.72 Å². The Balaban J connectivity index is 2.50. The summed E-state index contributed by atoms with van der Waals surface area (Å²) in [6.07, 6.45) is 5.63. The van der Waals surface area contributed by atoms with Crippen molar-refractivity contribution in [2.75, 3.05) is 0 Å². The first kappa shape index (κ1) is 13.2. The van der Waals surface area contributed by atoms with Crippen molar-refractivity contribution in [1.82, 2.24) is 0 Å². The molecule has 5 heteroatoms. The molecule has 1 fully saturated rings. The minimum Gasteiger partial charge on any atom is -0.302 e. The van der Waals surface area contributed by atoms with Crippen molar-refractivity contribution in [2.45, 2.75) is 37.5 Å². The predicted octanol–water partition coefficient (Wildman–Crippen LogP) is 3.76. The van der Waals surface area contributed by atoms with Crippen LogP contribution in [0.3, 0.4) is 0 Å². The normalized spacial score (nSPS) is 18.3. The molecule has 96 valence electrons. The zero-order chi connectivity index (χ0) is 13.2. The van der Waals surface area contributed by atoms with E-state index in [1.54, 1.807) is 6.07 Å². The van der Waals surface area contributed by atoms with Crippen LogP contribution in [0.4, 0.5) is 5.69 Å². The summed E-state index contributed by atoms with van der Waals surface area (Å²) in [7, 11) is 0. The molecule has 0 spiro atoms. The molecule has 0 heterocycles. The quantitative estimate of drug-likeness (QED) is 0.485. The van der Waals surface area contributed by atoms with Crippen molar-refractivity contribution in [3.8, 4) is 0 Å². The maximum absolute atomic E-state index is 11.5. The van der Waals surface area contributed by atoms with Gasteiger partial charge < -0.3 is 4.79 Å². The Kier molecular flexibility index (Phi) is 3.80. The molecule has 0 bridgehead atoms. The molecule has 0 saturated heterocycles. The molecule has 0 atom stereocenters. The molecule has 0 radical (unpaired) electrons. The number of carbonyl (C=O) groups is 1. The van der Waals surface area contributed by atoms with Gasteiger partial charge in [0.2, 0.25) is 0 Å². The van der Waals surface area contributed by atoms with E-state index in [-0.39, 0.29) is 5.69 Å². The highest BCUT2D eigenvalue weighted by molar-refractivity contribution is 9.10. The van der Waals surface area contributed by atoms with Gasteiger partial charge in [-0.25, -0.2) is 0 Å². The smallest absolute Gasteiger partial charge is 0.269 e. The molecule has 0 amide bonds. The summed E-state index contributed by atoms with van der Waals surface area (Å²) in [6, 6.07) is 4.64. The Morgan fingerprint density at radius 3 is 2.50 bits per heavy atom. The molecule has 2 rings (SSSR count). The lowest BCUT2D eigenvalue weighted by Crippen LogP contribution is -2.31. The number of carbonyl (C=O) groups excluding carboxylic acids is 1. The Labute approximate surface area is 114 Å². The third-order valence-electron chi connectivity index (χ3n) is 3.67. The third kappa shape index (κ3) is 2.32. The summed E-state index contributed by atoms with van der Waals surface area (Å²) < 4.78 is 0.780. The van der Waals surface area contributed by atoms with E-state index in [2.05, 4.69) is 15.9 Å². The average molecular weight is 312 g/mol. The third-order valence-corrected chi connectivity index (χ3v) is 4.36. The lowest BCUT2D eigenvalue weighted by atomic mass is 9.70. The lowest BCUT2D eigenvalue weighted by Gasteiger charge is -2.33. The van der Waals surface area contributed by atoms with Crippen molar-refractivity contribution >= 4 is 27.9 Å². The molecule has 1 saturated carbocycles. The largest absolute Gasteiger partial charge is 0.302 e.